The summed E-state index contributed by atoms with van der Waals surface area (Å²) in [5, 5.41) is 16.4. The topological polar surface area (TPSA) is 91.2 Å². The number of benzene rings is 1. The van der Waals surface area contributed by atoms with Crippen molar-refractivity contribution in [1.82, 2.24) is 9.78 Å². The Labute approximate surface area is 157 Å². The fraction of sp³-hybridized carbons (Fsp3) is 0.333. The first-order chi connectivity index (χ1) is 12.5. The van der Waals surface area contributed by atoms with Crippen molar-refractivity contribution in [2.45, 2.75) is 38.1 Å². The average Bonchev–Trinajstić information content (AvgIpc) is 3.25. The Kier molecular flexibility index (Phi) is 4.36. The third-order valence-corrected chi connectivity index (χ3v) is 5.26. The minimum Gasteiger partial charge on any atom is -0.446 e. The number of hydrogen-bond acceptors (Lipinski definition) is 5. The van der Waals surface area contributed by atoms with E-state index >= 15 is 0 Å². The van der Waals surface area contributed by atoms with Gasteiger partial charge in [-0.2, -0.15) is 5.10 Å². The van der Waals surface area contributed by atoms with E-state index in [1.54, 1.807) is 22.9 Å². The minimum absolute atomic E-state index is 0.00537. The second kappa shape index (κ2) is 6.68. The van der Waals surface area contributed by atoms with Crippen LogP contribution in [0.5, 0.6) is 0 Å². The third-order valence-electron chi connectivity index (χ3n) is 4.83. The first kappa shape index (κ1) is 17.0. The van der Waals surface area contributed by atoms with Crippen molar-refractivity contribution in [3.05, 3.63) is 56.6 Å². The van der Waals surface area contributed by atoms with Gasteiger partial charge in [0.2, 0.25) is 5.78 Å². The number of fused-ring (bicyclic) bond motifs is 1. The summed E-state index contributed by atoms with van der Waals surface area (Å²) >= 11 is 3.20. The summed E-state index contributed by atoms with van der Waals surface area (Å²) in [4.78, 5) is 23.6. The van der Waals surface area contributed by atoms with Crippen molar-refractivity contribution in [3.8, 4) is 0 Å². The van der Waals surface area contributed by atoms with Crippen LogP contribution < -0.4 is 0 Å². The molecule has 26 heavy (non-hydrogen) atoms. The number of halogens is 1. The van der Waals surface area contributed by atoms with Crippen molar-refractivity contribution < 1.29 is 14.1 Å². The highest BCUT2D eigenvalue weighted by molar-refractivity contribution is 9.10. The van der Waals surface area contributed by atoms with Crippen LogP contribution in [0, 0.1) is 10.1 Å². The predicted molar refractivity (Wildman–Crippen MR) is 98.3 cm³/mol. The number of non-ortho nitro benzene ring substituents is 1. The molecule has 1 fully saturated rings. The molecule has 0 aliphatic heterocycles. The molecule has 0 spiro atoms. The van der Waals surface area contributed by atoms with Crippen LogP contribution in [-0.4, -0.2) is 20.5 Å². The average molecular weight is 418 g/mol. The number of rotatable bonds is 4. The molecule has 2 heterocycles. The molecule has 0 unspecified atom stereocenters. The van der Waals surface area contributed by atoms with Gasteiger partial charge in [0.05, 0.1) is 16.5 Å². The van der Waals surface area contributed by atoms with Gasteiger partial charge in [-0.15, -0.1) is 0 Å². The number of nitro groups is 1. The summed E-state index contributed by atoms with van der Waals surface area (Å²) in [6.45, 7) is 0. The van der Waals surface area contributed by atoms with E-state index in [9.17, 15) is 14.9 Å². The summed E-state index contributed by atoms with van der Waals surface area (Å²) in [7, 11) is 0. The van der Waals surface area contributed by atoms with Crippen LogP contribution in [0.25, 0.3) is 10.9 Å². The van der Waals surface area contributed by atoms with Crippen LogP contribution in [0.3, 0.4) is 0 Å². The van der Waals surface area contributed by atoms with Gasteiger partial charge in [0, 0.05) is 17.5 Å². The molecule has 134 valence electrons. The van der Waals surface area contributed by atoms with Crippen LogP contribution in [0.4, 0.5) is 5.69 Å². The number of furan rings is 1. The van der Waals surface area contributed by atoms with Gasteiger partial charge in [0.15, 0.2) is 10.4 Å². The van der Waals surface area contributed by atoms with E-state index in [2.05, 4.69) is 21.0 Å². The first-order valence-corrected chi connectivity index (χ1v) is 9.30. The molecule has 0 bridgehead atoms. The van der Waals surface area contributed by atoms with Crippen molar-refractivity contribution >= 4 is 38.3 Å². The van der Waals surface area contributed by atoms with Gasteiger partial charge in [-0.1, -0.05) is 19.3 Å². The lowest BCUT2D eigenvalue weighted by Gasteiger charge is -2.22. The SMILES string of the molecule is O=C(c1ccc(Br)o1)c1nn(C2CCCCC2)c2cc([N+](=O)[O-])ccc12. The quantitative estimate of drug-likeness (QED) is 0.337. The van der Waals surface area contributed by atoms with Gasteiger partial charge in [0.25, 0.3) is 5.69 Å². The standard InChI is InChI=1S/C18H16BrN3O4/c19-16-9-8-15(26-16)18(23)17-13-7-6-12(22(24)25)10-14(13)21(20-17)11-4-2-1-3-5-11/h6-11H,1-5H2. The molecule has 1 aliphatic rings. The van der Waals surface area contributed by atoms with E-state index in [4.69, 9.17) is 4.42 Å². The van der Waals surface area contributed by atoms with E-state index < -0.39 is 4.92 Å². The van der Waals surface area contributed by atoms with Gasteiger partial charge in [-0.05, 0) is 47.0 Å². The minimum atomic E-state index is -0.428. The monoisotopic (exact) mass is 417 g/mol. The van der Waals surface area contributed by atoms with Crippen LogP contribution >= 0.6 is 15.9 Å². The Hall–Kier alpha value is -2.48. The largest absolute Gasteiger partial charge is 0.446 e. The highest BCUT2D eigenvalue weighted by Gasteiger charge is 2.26. The van der Waals surface area contributed by atoms with Gasteiger partial charge >= 0.3 is 0 Å². The molecule has 0 saturated heterocycles. The lowest BCUT2D eigenvalue weighted by molar-refractivity contribution is -0.384. The number of aromatic nitrogens is 2. The van der Waals surface area contributed by atoms with E-state index in [0.29, 0.717) is 15.6 Å². The molecule has 0 N–H and O–H groups in total. The fourth-order valence-electron chi connectivity index (χ4n) is 3.56. The molecule has 0 atom stereocenters. The van der Waals surface area contributed by atoms with Crippen molar-refractivity contribution in [1.29, 1.82) is 0 Å². The molecule has 4 rings (SSSR count). The molecule has 3 aromatic rings. The number of carbonyl (C=O) groups excluding carboxylic acids is 1. The van der Waals surface area contributed by atoms with Gasteiger partial charge < -0.3 is 4.42 Å². The highest BCUT2D eigenvalue weighted by Crippen LogP contribution is 2.34. The van der Waals surface area contributed by atoms with Crippen LogP contribution in [0.2, 0.25) is 0 Å². The summed E-state index contributed by atoms with van der Waals surface area (Å²) in [6.07, 6.45) is 5.28. The van der Waals surface area contributed by atoms with Crippen molar-refractivity contribution in [3.63, 3.8) is 0 Å². The number of carbonyl (C=O) groups is 1. The smallest absolute Gasteiger partial charge is 0.271 e. The van der Waals surface area contributed by atoms with E-state index in [-0.39, 0.29) is 29.0 Å². The predicted octanol–water partition coefficient (Wildman–Crippen LogP) is 5.04. The van der Waals surface area contributed by atoms with E-state index in [0.717, 1.165) is 25.7 Å². The Bertz CT molecular complexity index is 1000. The summed E-state index contributed by atoms with van der Waals surface area (Å²) < 4.78 is 7.64. The van der Waals surface area contributed by atoms with Crippen molar-refractivity contribution in [2.24, 2.45) is 0 Å². The molecule has 0 amide bonds. The molecule has 1 aliphatic carbocycles. The molecule has 0 radical (unpaired) electrons. The van der Waals surface area contributed by atoms with Crippen LogP contribution in [0.15, 0.2) is 39.4 Å². The van der Waals surface area contributed by atoms with Gasteiger partial charge in [0.1, 0.15) is 5.69 Å². The van der Waals surface area contributed by atoms with E-state index in [1.807, 2.05) is 0 Å². The second-order valence-electron chi connectivity index (χ2n) is 6.48. The van der Waals surface area contributed by atoms with Crippen molar-refractivity contribution in [2.75, 3.05) is 0 Å². The molecule has 1 aromatic carbocycles. The zero-order chi connectivity index (χ0) is 18.3. The number of hydrogen-bond donors (Lipinski definition) is 0. The maximum atomic E-state index is 12.9. The maximum Gasteiger partial charge on any atom is 0.271 e. The third kappa shape index (κ3) is 2.94. The Morgan fingerprint density at radius 2 is 2.00 bits per heavy atom. The Morgan fingerprint density at radius 1 is 1.23 bits per heavy atom. The normalized spacial score (nSPS) is 15.4. The molecule has 7 nitrogen and oxygen atoms in total. The summed E-state index contributed by atoms with van der Waals surface area (Å²) in [6, 6.07) is 7.90. The molecule has 1 saturated carbocycles. The summed E-state index contributed by atoms with van der Waals surface area (Å²) in [5.41, 5.74) is 0.886. The number of nitro benzene ring substituents is 1. The second-order valence-corrected chi connectivity index (χ2v) is 7.26. The molecular weight excluding hydrogens is 402 g/mol. The number of nitrogens with zero attached hydrogens (tertiary/aromatic N) is 3. The fourth-order valence-corrected chi connectivity index (χ4v) is 3.87. The van der Waals surface area contributed by atoms with Crippen LogP contribution in [-0.2, 0) is 0 Å². The lowest BCUT2D eigenvalue weighted by Crippen LogP contribution is -2.15. The summed E-state index contributed by atoms with van der Waals surface area (Å²) in [5.74, 6) is -0.144. The highest BCUT2D eigenvalue weighted by atomic mass is 79.9. The molecule has 2 aromatic heterocycles. The first-order valence-electron chi connectivity index (χ1n) is 8.51. The molecular formula is C18H16BrN3O4. The van der Waals surface area contributed by atoms with Gasteiger partial charge in [-0.3, -0.25) is 19.6 Å². The maximum absolute atomic E-state index is 12.9. The van der Waals surface area contributed by atoms with Crippen LogP contribution in [0.1, 0.15) is 54.4 Å². The zero-order valence-corrected chi connectivity index (χ0v) is 15.4. The van der Waals surface area contributed by atoms with Gasteiger partial charge in [-0.25, -0.2) is 0 Å². The number of ketones is 1. The Morgan fingerprint density at radius 3 is 2.65 bits per heavy atom. The van der Waals surface area contributed by atoms with E-state index in [1.165, 1.54) is 18.6 Å². The Balaban J connectivity index is 1.87. The zero-order valence-electron chi connectivity index (χ0n) is 13.9. The molecule has 8 heteroatoms. The lowest BCUT2D eigenvalue weighted by atomic mass is 9.95.